The fourth-order valence-electron chi connectivity index (χ4n) is 1.89. The monoisotopic (exact) mass is 301 g/mol. The average Bonchev–Trinajstić information content (AvgIpc) is 2.25. The van der Waals surface area contributed by atoms with Gasteiger partial charge in [0.15, 0.2) is 0 Å². The predicted octanol–water partition coefficient (Wildman–Crippen LogP) is 1.01. The minimum atomic E-state index is -3.30. The van der Waals surface area contributed by atoms with Crippen LogP contribution in [-0.2, 0) is 16.6 Å². The third kappa shape index (κ3) is 5.64. The topological polar surface area (TPSA) is 101 Å². The molecule has 20 heavy (non-hydrogen) atoms. The Morgan fingerprint density at radius 2 is 1.90 bits per heavy atom. The van der Waals surface area contributed by atoms with Crippen molar-refractivity contribution in [3.63, 3.8) is 0 Å². The van der Waals surface area contributed by atoms with Crippen LogP contribution in [0.2, 0.25) is 0 Å². The molecule has 0 aromatic heterocycles. The van der Waals surface area contributed by atoms with E-state index in [4.69, 9.17) is 0 Å². The molecule has 1 rings (SSSR count). The second-order valence-corrected chi connectivity index (χ2v) is 7.00. The molecule has 0 aliphatic rings. The summed E-state index contributed by atoms with van der Waals surface area (Å²) in [6.07, 6.45) is 1.09. The zero-order chi connectivity index (χ0) is 15.4. The van der Waals surface area contributed by atoms with E-state index < -0.39 is 20.5 Å². The first-order chi connectivity index (χ1) is 9.11. The molecule has 0 heterocycles. The molecule has 0 aliphatic heterocycles. The summed E-state index contributed by atoms with van der Waals surface area (Å²) in [6.45, 7) is 4.12. The lowest BCUT2D eigenvalue weighted by atomic mass is 10.1. The standard InChI is InChI=1S/C12H19N3O4S/c1-12(2,14-20(3,18)19)9-13-8-10-6-4-5-7-11(10)15(16)17/h4-7,13-14H,8-9H2,1-3H3. The van der Waals surface area contributed by atoms with Crippen LogP contribution in [0.25, 0.3) is 0 Å². The van der Waals surface area contributed by atoms with Crippen molar-refractivity contribution in [1.29, 1.82) is 0 Å². The molecule has 8 heteroatoms. The van der Waals surface area contributed by atoms with Crippen LogP contribution in [0.3, 0.4) is 0 Å². The zero-order valence-corrected chi connectivity index (χ0v) is 12.5. The molecular weight excluding hydrogens is 282 g/mol. The Hall–Kier alpha value is -1.51. The van der Waals surface area contributed by atoms with E-state index in [0.29, 0.717) is 18.7 Å². The highest BCUT2D eigenvalue weighted by Gasteiger charge is 2.22. The quantitative estimate of drug-likeness (QED) is 0.578. The van der Waals surface area contributed by atoms with Crippen LogP contribution in [0.1, 0.15) is 19.4 Å². The number of nitrogens with zero attached hydrogens (tertiary/aromatic N) is 1. The lowest BCUT2D eigenvalue weighted by Crippen LogP contribution is -2.49. The third-order valence-corrected chi connectivity index (χ3v) is 3.46. The van der Waals surface area contributed by atoms with Crippen molar-refractivity contribution in [2.24, 2.45) is 0 Å². The van der Waals surface area contributed by atoms with Gasteiger partial charge in [-0.15, -0.1) is 0 Å². The maximum absolute atomic E-state index is 11.2. The Bertz CT molecular complexity index is 584. The van der Waals surface area contributed by atoms with E-state index in [1.54, 1.807) is 32.0 Å². The summed E-state index contributed by atoms with van der Waals surface area (Å²) >= 11 is 0. The summed E-state index contributed by atoms with van der Waals surface area (Å²) in [4.78, 5) is 10.4. The summed E-state index contributed by atoms with van der Waals surface area (Å²) in [5, 5.41) is 13.9. The SMILES string of the molecule is CC(C)(CNCc1ccccc1[N+](=O)[O-])NS(C)(=O)=O. The molecule has 0 spiro atoms. The van der Waals surface area contributed by atoms with Crippen molar-refractivity contribution in [2.75, 3.05) is 12.8 Å². The second kappa shape index (κ2) is 6.29. The molecule has 2 N–H and O–H groups in total. The first kappa shape index (κ1) is 16.5. The summed E-state index contributed by atoms with van der Waals surface area (Å²) in [5.41, 5.74) is -0.0570. The van der Waals surface area contributed by atoms with Gasteiger partial charge in [0.2, 0.25) is 10.0 Å². The highest BCUT2D eigenvalue weighted by atomic mass is 32.2. The molecule has 0 aliphatic carbocycles. The molecular formula is C12H19N3O4S. The number of para-hydroxylation sites is 1. The minimum absolute atomic E-state index is 0.0499. The van der Waals surface area contributed by atoms with Crippen molar-refractivity contribution >= 4 is 15.7 Å². The number of rotatable bonds is 7. The highest BCUT2D eigenvalue weighted by Crippen LogP contribution is 2.17. The number of hydrogen-bond donors (Lipinski definition) is 2. The second-order valence-electron chi connectivity index (χ2n) is 5.25. The normalized spacial score (nSPS) is 12.3. The fourth-order valence-corrected chi connectivity index (χ4v) is 2.96. The lowest BCUT2D eigenvalue weighted by Gasteiger charge is -2.25. The van der Waals surface area contributed by atoms with Gasteiger partial charge < -0.3 is 5.32 Å². The number of sulfonamides is 1. The maximum Gasteiger partial charge on any atom is 0.273 e. The molecule has 0 bridgehead atoms. The summed E-state index contributed by atoms with van der Waals surface area (Å²) in [7, 11) is -3.30. The van der Waals surface area contributed by atoms with Gasteiger partial charge in [0.1, 0.15) is 0 Å². The zero-order valence-electron chi connectivity index (χ0n) is 11.7. The van der Waals surface area contributed by atoms with Crippen molar-refractivity contribution in [1.82, 2.24) is 10.0 Å². The molecule has 0 atom stereocenters. The molecule has 112 valence electrons. The first-order valence-corrected chi connectivity index (χ1v) is 7.92. The number of nitro benzene ring substituents is 1. The highest BCUT2D eigenvalue weighted by molar-refractivity contribution is 7.88. The van der Waals surface area contributed by atoms with Crippen molar-refractivity contribution < 1.29 is 13.3 Å². The number of benzene rings is 1. The minimum Gasteiger partial charge on any atom is -0.311 e. The summed E-state index contributed by atoms with van der Waals surface area (Å²) in [5.74, 6) is 0. The Labute approximate surface area is 118 Å². The van der Waals surface area contributed by atoms with Crippen LogP contribution >= 0.6 is 0 Å². The van der Waals surface area contributed by atoms with E-state index in [1.165, 1.54) is 6.07 Å². The lowest BCUT2D eigenvalue weighted by molar-refractivity contribution is -0.385. The van der Waals surface area contributed by atoms with Gasteiger partial charge in [-0.05, 0) is 13.8 Å². The van der Waals surface area contributed by atoms with Crippen molar-refractivity contribution in [2.45, 2.75) is 25.9 Å². The van der Waals surface area contributed by atoms with E-state index >= 15 is 0 Å². The molecule has 0 saturated heterocycles. The molecule has 7 nitrogen and oxygen atoms in total. The van der Waals surface area contributed by atoms with Gasteiger partial charge in [-0.25, -0.2) is 13.1 Å². The smallest absolute Gasteiger partial charge is 0.273 e. The molecule has 0 saturated carbocycles. The van der Waals surface area contributed by atoms with Gasteiger partial charge in [0.05, 0.1) is 11.2 Å². The fraction of sp³-hybridized carbons (Fsp3) is 0.500. The van der Waals surface area contributed by atoms with E-state index in [-0.39, 0.29) is 5.69 Å². The molecule has 1 aromatic rings. The molecule has 1 aromatic carbocycles. The Balaban J connectivity index is 2.63. The van der Waals surface area contributed by atoms with Gasteiger partial charge in [0, 0.05) is 30.3 Å². The van der Waals surface area contributed by atoms with Crippen LogP contribution in [0.4, 0.5) is 5.69 Å². The summed E-state index contributed by atoms with van der Waals surface area (Å²) < 4.78 is 24.9. The number of nitro groups is 1. The molecule has 0 amide bonds. The van der Waals surface area contributed by atoms with Gasteiger partial charge in [-0.3, -0.25) is 10.1 Å². The molecule has 0 radical (unpaired) electrons. The van der Waals surface area contributed by atoms with E-state index in [2.05, 4.69) is 10.0 Å². The van der Waals surface area contributed by atoms with Crippen LogP contribution in [0.15, 0.2) is 24.3 Å². The van der Waals surface area contributed by atoms with Crippen LogP contribution in [0.5, 0.6) is 0 Å². The van der Waals surface area contributed by atoms with Crippen LogP contribution < -0.4 is 10.0 Å². The average molecular weight is 301 g/mol. The van der Waals surface area contributed by atoms with E-state index in [0.717, 1.165) is 6.26 Å². The van der Waals surface area contributed by atoms with Gasteiger partial charge in [-0.2, -0.15) is 0 Å². The van der Waals surface area contributed by atoms with E-state index in [1.807, 2.05) is 0 Å². The van der Waals surface area contributed by atoms with Crippen LogP contribution in [0, 0.1) is 10.1 Å². The van der Waals surface area contributed by atoms with Crippen molar-refractivity contribution in [3.05, 3.63) is 39.9 Å². The van der Waals surface area contributed by atoms with Gasteiger partial charge in [-0.1, -0.05) is 18.2 Å². The Morgan fingerprint density at radius 3 is 2.45 bits per heavy atom. The Kier molecular flexibility index (Phi) is 5.21. The number of nitrogens with one attached hydrogen (secondary N) is 2. The van der Waals surface area contributed by atoms with Crippen LogP contribution in [-0.4, -0.2) is 31.7 Å². The van der Waals surface area contributed by atoms with E-state index in [9.17, 15) is 18.5 Å². The molecule has 0 fully saturated rings. The molecule has 0 unspecified atom stereocenters. The predicted molar refractivity (Wildman–Crippen MR) is 76.9 cm³/mol. The first-order valence-electron chi connectivity index (χ1n) is 6.03. The Morgan fingerprint density at radius 1 is 1.30 bits per heavy atom. The van der Waals surface area contributed by atoms with Gasteiger partial charge >= 0.3 is 0 Å². The summed E-state index contributed by atoms with van der Waals surface area (Å²) in [6, 6.07) is 6.44. The third-order valence-electron chi connectivity index (χ3n) is 2.53. The van der Waals surface area contributed by atoms with Gasteiger partial charge in [0.25, 0.3) is 5.69 Å². The number of hydrogen-bond acceptors (Lipinski definition) is 5. The largest absolute Gasteiger partial charge is 0.311 e. The van der Waals surface area contributed by atoms with Crippen molar-refractivity contribution in [3.8, 4) is 0 Å². The maximum atomic E-state index is 11.2.